The predicted octanol–water partition coefficient (Wildman–Crippen LogP) is 15.5. The molecule has 16 rings (SSSR count). The molecule has 5 aromatic heterocycles. The number of benzene rings is 10. The van der Waals surface area contributed by atoms with Crippen LogP contribution in [-0.2, 0) is 0 Å². The highest BCUT2D eigenvalue weighted by atomic mass is 15.3. The lowest BCUT2D eigenvalue weighted by atomic mass is 10.0. The number of hydrogen-bond donors (Lipinski definition) is 1. The summed E-state index contributed by atoms with van der Waals surface area (Å²) in [5.74, 6) is 1.59. The van der Waals surface area contributed by atoms with Gasteiger partial charge in [0.15, 0.2) is 5.82 Å². The van der Waals surface area contributed by atoms with Crippen LogP contribution in [0.15, 0.2) is 254 Å². The standard InChI is InChI=1S/C67H43N9/c1-5-21-42(22-6-1)53-41-54(43-23-7-2-8-24-43)69-65(68-53)74-58-36-20-16-32-52(58)60-59(74)40-39-49-46-29-14-18-34-56(46)75(61(49)60)66-70-64(44-25-9-3-10-26-44)71-67(72-66)76-57-35-19-15-31-48(57)51-38-37-50-47-30-13-17-33-55(47)73(62(50)63(51)76)45-27-11-4-12-28-45/h1-41,65,68H. The van der Waals surface area contributed by atoms with Gasteiger partial charge in [0.1, 0.15) is 0 Å². The monoisotopic (exact) mass is 973 g/mol. The average molecular weight is 974 g/mol. The minimum Gasteiger partial charge on any atom is -0.346 e. The molecule has 1 aliphatic heterocycles. The van der Waals surface area contributed by atoms with Crippen molar-refractivity contribution < 1.29 is 0 Å². The molecule has 0 spiro atoms. The van der Waals surface area contributed by atoms with Crippen LogP contribution in [0, 0.1) is 0 Å². The van der Waals surface area contributed by atoms with Crippen LogP contribution in [0.3, 0.4) is 0 Å². The van der Waals surface area contributed by atoms with Crippen LogP contribution >= 0.6 is 0 Å². The summed E-state index contributed by atoms with van der Waals surface area (Å²) in [5.41, 5.74) is 14.3. The van der Waals surface area contributed by atoms with Gasteiger partial charge in [-0.25, -0.2) is 4.99 Å². The minimum atomic E-state index is -0.486. The average Bonchev–Trinajstić information content (AvgIpc) is 4.42. The first-order valence-electron chi connectivity index (χ1n) is 25.7. The van der Waals surface area contributed by atoms with E-state index in [0.717, 1.165) is 116 Å². The summed E-state index contributed by atoms with van der Waals surface area (Å²) >= 11 is 0. The second kappa shape index (κ2) is 16.6. The van der Waals surface area contributed by atoms with Crippen molar-refractivity contribution in [2.75, 3.05) is 0 Å². The molecule has 76 heavy (non-hydrogen) atoms. The topological polar surface area (TPSA) is 82.8 Å². The number of para-hydroxylation sites is 5. The molecule has 15 aromatic rings. The second-order valence-corrected chi connectivity index (χ2v) is 19.4. The van der Waals surface area contributed by atoms with Crippen molar-refractivity contribution >= 4 is 98.6 Å². The quantitative estimate of drug-likeness (QED) is 0.172. The Kier molecular flexibility index (Phi) is 9.19. The van der Waals surface area contributed by atoms with Crippen LogP contribution in [-0.4, -0.2) is 38.9 Å². The number of rotatable bonds is 7. The fourth-order valence-electron chi connectivity index (χ4n) is 12.0. The summed E-state index contributed by atoms with van der Waals surface area (Å²) in [4.78, 5) is 22.3. The molecule has 1 atom stereocenters. The van der Waals surface area contributed by atoms with E-state index in [-0.39, 0.29) is 0 Å². The van der Waals surface area contributed by atoms with Gasteiger partial charge in [0.05, 0.1) is 49.8 Å². The molecule has 1 aliphatic rings. The molecule has 0 saturated carbocycles. The molecule has 0 amide bonds. The molecule has 0 radical (unpaired) electrons. The molecule has 10 aromatic carbocycles. The Morgan fingerprint density at radius 2 is 0.776 bits per heavy atom. The smallest absolute Gasteiger partial charge is 0.240 e. The van der Waals surface area contributed by atoms with Crippen LogP contribution in [0.4, 0.5) is 0 Å². The summed E-state index contributed by atoms with van der Waals surface area (Å²) in [6, 6.07) is 85.6. The summed E-state index contributed by atoms with van der Waals surface area (Å²) in [6.45, 7) is 0. The number of aliphatic imine (C=N–C) groups is 1. The first kappa shape index (κ1) is 42.2. The maximum absolute atomic E-state index is 5.72. The third kappa shape index (κ3) is 6.26. The van der Waals surface area contributed by atoms with E-state index in [2.05, 4.69) is 248 Å². The van der Waals surface area contributed by atoms with Gasteiger partial charge in [-0.1, -0.05) is 200 Å². The molecule has 6 heterocycles. The molecule has 0 saturated heterocycles. The SMILES string of the molecule is C1=C(c2ccccc2)NC(n2c3ccccc3c3c4c(ccc32)c2ccccc2n4-c2nc(-c3ccccc3)nc(-n3c4ccccc4c4ccc5c6ccccc6n(-c6ccccc6)c5c43)n2)N=C1c1ccccc1. The van der Waals surface area contributed by atoms with E-state index in [1.807, 2.05) is 24.3 Å². The van der Waals surface area contributed by atoms with Gasteiger partial charge in [0.25, 0.3) is 0 Å². The molecular formula is C67H43N9. The Bertz CT molecular complexity index is 4890. The zero-order chi connectivity index (χ0) is 49.8. The Morgan fingerprint density at radius 1 is 0.329 bits per heavy atom. The zero-order valence-corrected chi connectivity index (χ0v) is 40.8. The molecule has 1 unspecified atom stereocenters. The zero-order valence-electron chi connectivity index (χ0n) is 40.8. The second-order valence-electron chi connectivity index (χ2n) is 19.4. The van der Waals surface area contributed by atoms with Crippen molar-refractivity contribution in [1.82, 2.24) is 38.5 Å². The normalized spacial score (nSPS) is 13.9. The molecule has 0 aliphatic carbocycles. The first-order valence-corrected chi connectivity index (χ1v) is 25.7. The van der Waals surface area contributed by atoms with E-state index in [4.69, 9.17) is 19.9 Å². The van der Waals surface area contributed by atoms with Crippen LogP contribution in [0.25, 0.3) is 122 Å². The van der Waals surface area contributed by atoms with Gasteiger partial charge < -0.3 is 14.5 Å². The third-order valence-corrected chi connectivity index (χ3v) is 15.3. The molecule has 0 bridgehead atoms. The number of nitrogens with one attached hydrogen (secondary N) is 1. The number of hydrogen-bond acceptors (Lipinski definition) is 5. The third-order valence-electron chi connectivity index (χ3n) is 15.3. The number of fused-ring (bicyclic) bond motifs is 14. The Balaban J connectivity index is 1.01. The maximum atomic E-state index is 5.72. The molecule has 9 nitrogen and oxygen atoms in total. The number of nitrogens with zero attached hydrogens (tertiary/aromatic N) is 8. The van der Waals surface area contributed by atoms with Gasteiger partial charge in [-0.05, 0) is 59.7 Å². The van der Waals surface area contributed by atoms with E-state index < -0.39 is 6.29 Å². The summed E-state index contributed by atoms with van der Waals surface area (Å²) < 4.78 is 9.30. The highest BCUT2D eigenvalue weighted by molar-refractivity contribution is 6.26. The van der Waals surface area contributed by atoms with Gasteiger partial charge >= 0.3 is 0 Å². The van der Waals surface area contributed by atoms with Gasteiger partial charge in [0, 0.05) is 60.0 Å². The highest BCUT2D eigenvalue weighted by Crippen LogP contribution is 2.44. The Hall–Kier alpha value is -10.4. The van der Waals surface area contributed by atoms with E-state index in [0.29, 0.717) is 17.7 Å². The molecule has 9 heteroatoms. The fraction of sp³-hybridized carbons (Fsp3) is 0.0149. The van der Waals surface area contributed by atoms with Crippen molar-refractivity contribution in [3.8, 4) is 29.0 Å². The molecule has 0 fully saturated rings. The van der Waals surface area contributed by atoms with Crippen molar-refractivity contribution in [3.63, 3.8) is 0 Å². The van der Waals surface area contributed by atoms with E-state index >= 15 is 0 Å². The van der Waals surface area contributed by atoms with Gasteiger partial charge in [-0.15, -0.1) is 0 Å². The molecule has 356 valence electrons. The minimum absolute atomic E-state index is 0.486. The number of aromatic nitrogens is 7. The van der Waals surface area contributed by atoms with Crippen LogP contribution in [0.5, 0.6) is 0 Å². The summed E-state index contributed by atoms with van der Waals surface area (Å²) in [6.07, 6.45) is 1.68. The van der Waals surface area contributed by atoms with Crippen molar-refractivity contribution in [2.24, 2.45) is 4.99 Å². The fourth-order valence-corrected chi connectivity index (χ4v) is 12.0. The Labute approximate surface area is 435 Å². The molecule has 1 N–H and O–H groups in total. The van der Waals surface area contributed by atoms with Crippen LogP contribution in [0.2, 0.25) is 0 Å². The molecular weight excluding hydrogens is 931 g/mol. The highest BCUT2D eigenvalue weighted by Gasteiger charge is 2.29. The summed E-state index contributed by atoms with van der Waals surface area (Å²) in [5, 5.41) is 12.8. The lowest BCUT2D eigenvalue weighted by molar-refractivity contribution is 0.508. The number of allylic oxidation sites excluding steroid dienone is 1. The van der Waals surface area contributed by atoms with Crippen molar-refractivity contribution in [2.45, 2.75) is 6.29 Å². The van der Waals surface area contributed by atoms with Crippen LogP contribution in [0.1, 0.15) is 17.4 Å². The Morgan fingerprint density at radius 3 is 1.38 bits per heavy atom. The van der Waals surface area contributed by atoms with Gasteiger partial charge in [-0.3, -0.25) is 9.13 Å². The van der Waals surface area contributed by atoms with E-state index in [1.165, 1.54) is 5.39 Å². The largest absolute Gasteiger partial charge is 0.346 e. The predicted molar refractivity (Wildman–Crippen MR) is 311 cm³/mol. The first-order chi connectivity index (χ1) is 37.7. The van der Waals surface area contributed by atoms with Gasteiger partial charge in [-0.2, -0.15) is 15.0 Å². The maximum Gasteiger partial charge on any atom is 0.240 e. The van der Waals surface area contributed by atoms with Crippen LogP contribution < -0.4 is 5.32 Å². The van der Waals surface area contributed by atoms with E-state index in [9.17, 15) is 0 Å². The van der Waals surface area contributed by atoms with Crippen molar-refractivity contribution in [1.29, 1.82) is 0 Å². The van der Waals surface area contributed by atoms with Crippen molar-refractivity contribution in [3.05, 3.63) is 260 Å². The lowest BCUT2D eigenvalue weighted by Gasteiger charge is -2.27. The van der Waals surface area contributed by atoms with E-state index in [1.54, 1.807) is 0 Å². The summed E-state index contributed by atoms with van der Waals surface area (Å²) in [7, 11) is 0. The van der Waals surface area contributed by atoms with Gasteiger partial charge in [0.2, 0.25) is 18.2 Å². The lowest BCUT2D eigenvalue weighted by Crippen LogP contribution is -2.29.